The molecule has 0 bridgehead atoms. The van der Waals surface area contributed by atoms with Crippen molar-refractivity contribution in [3.8, 4) is 0 Å². The molecule has 4 heterocycles. The van der Waals surface area contributed by atoms with E-state index in [9.17, 15) is 9.59 Å². The number of amides is 2. The maximum Gasteiger partial charge on any atom is 0.270 e. The van der Waals surface area contributed by atoms with Crippen molar-refractivity contribution < 1.29 is 19.1 Å². The Hall–Kier alpha value is -1.73. The summed E-state index contributed by atoms with van der Waals surface area (Å²) in [5.41, 5.74) is 0.703. The van der Waals surface area contributed by atoms with Gasteiger partial charge in [-0.3, -0.25) is 19.3 Å². The summed E-state index contributed by atoms with van der Waals surface area (Å²) in [7, 11) is 0. The minimum atomic E-state index is -0.336. The molecule has 4 saturated carbocycles. The van der Waals surface area contributed by atoms with E-state index in [1.165, 1.54) is 44.9 Å². The summed E-state index contributed by atoms with van der Waals surface area (Å²) >= 11 is 0. The quantitative estimate of drug-likeness (QED) is 0.291. The summed E-state index contributed by atoms with van der Waals surface area (Å²) in [4.78, 5) is 36.6. The van der Waals surface area contributed by atoms with Gasteiger partial charge >= 0.3 is 0 Å². The monoisotopic (exact) mass is 692 g/mol. The molecule has 8 rings (SSSR count). The van der Waals surface area contributed by atoms with E-state index in [0.717, 1.165) is 82.6 Å². The molecular formula is C41H65N5O4. The van der Waals surface area contributed by atoms with Gasteiger partial charge in [0.05, 0.1) is 12.7 Å². The number of hydrogen-bond donors (Lipinski definition) is 1. The summed E-state index contributed by atoms with van der Waals surface area (Å²) in [5, 5.41) is 3.34. The van der Waals surface area contributed by atoms with Gasteiger partial charge in [0.25, 0.3) is 6.67 Å². The van der Waals surface area contributed by atoms with Crippen molar-refractivity contribution in [1.29, 1.82) is 0 Å². The predicted octanol–water partition coefficient (Wildman–Crippen LogP) is 5.79. The molecule has 4 aliphatic heterocycles. The van der Waals surface area contributed by atoms with Crippen LogP contribution in [0, 0.1) is 58.8 Å². The molecule has 2 unspecified atom stereocenters. The van der Waals surface area contributed by atoms with E-state index in [1.807, 2.05) is 4.90 Å². The molecule has 50 heavy (non-hydrogen) atoms. The van der Waals surface area contributed by atoms with Crippen molar-refractivity contribution in [1.82, 2.24) is 20.0 Å². The second-order valence-electron chi connectivity index (χ2n) is 19.0. The third kappa shape index (κ3) is 6.04. The number of rotatable bonds is 5. The molecule has 1 N–H and O–H groups in total. The van der Waals surface area contributed by atoms with Crippen LogP contribution < -0.4 is 5.32 Å². The van der Waals surface area contributed by atoms with Crippen molar-refractivity contribution >= 4 is 11.8 Å². The number of fused-ring (bicyclic) bond motifs is 7. The highest BCUT2D eigenvalue weighted by molar-refractivity contribution is 5.97. The Morgan fingerprint density at radius 3 is 2.34 bits per heavy atom. The molecule has 0 radical (unpaired) electrons. The molecule has 9 heteroatoms. The van der Waals surface area contributed by atoms with E-state index >= 15 is 0 Å². The van der Waals surface area contributed by atoms with Crippen LogP contribution in [0.2, 0.25) is 0 Å². The molecule has 0 aromatic carbocycles. The van der Waals surface area contributed by atoms with E-state index < -0.39 is 0 Å². The van der Waals surface area contributed by atoms with Crippen molar-refractivity contribution in [2.45, 2.75) is 135 Å². The van der Waals surface area contributed by atoms with Crippen LogP contribution >= 0.6 is 0 Å². The minimum Gasteiger partial charge on any atom is -0.353 e. The Kier molecular flexibility index (Phi) is 9.60. The van der Waals surface area contributed by atoms with E-state index in [2.05, 4.69) is 47.7 Å². The third-order valence-electron chi connectivity index (χ3n) is 16.6. The Morgan fingerprint density at radius 2 is 1.62 bits per heavy atom. The number of likely N-dealkylation sites (tertiary alicyclic amines) is 1. The van der Waals surface area contributed by atoms with Crippen LogP contribution in [-0.2, 0) is 19.1 Å². The Bertz CT molecular complexity index is 1310. The highest BCUT2D eigenvalue weighted by Gasteiger charge is 2.69. The first-order valence-electron chi connectivity index (χ1n) is 20.7. The summed E-state index contributed by atoms with van der Waals surface area (Å²) in [6, 6.07) is 0.741. The summed E-state index contributed by atoms with van der Waals surface area (Å²) in [6.45, 7) is 23.6. The molecular weight excluding hydrogens is 626 g/mol. The van der Waals surface area contributed by atoms with Gasteiger partial charge in [-0.25, -0.2) is 11.5 Å². The van der Waals surface area contributed by atoms with E-state index in [1.54, 1.807) is 0 Å². The van der Waals surface area contributed by atoms with Crippen LogP contribution in [0.1, 0.15) is 111 Å². The molecule has 2 amide bonds. The fourth-order valence-corrected chi connectivity index (χ4v) is 13.8. The van der Waals surface area contributed by atoms with Crippen molar-refractivity contribution in [2.75, 3.05) is 52.5 Å². The van der Waals surface area contributed by atoms with E-state index in [0.29, 0.717) is 66.4 Å². The first-order chi connectivity index (χ1) is 24.0. The molecule has 9 nitrogen and oxygen atoms in total. The van der Waals surface area contributed by atoms with Gasteiger partial charge in [0.2, 0.25) is 11.8 Å². The number of piperidine rings is 1. The number of piperazine rings is 1. The van der Waals surface area contributed by atoms with E-state index in [-0.39, 0.29) is 30.1 Å². The third-order valence-corrected chi connectivity index (χ3v) is 16.6. The summed E-state index contributed by atoms with van der Waals surface area (Å²) < 4.78 is 13.5. The lowest BCUT2D eigenvalue weighted by molar-refractivity contribution is -0.273. The van der Waals surface area contributed by atoms with Gasteiger partial charge < -0.3 is 19.7 Å². The lowest BCUT2D eigenvalue weighted by Gasteiger charge is -2.61. The summed E-state index contributed by atoms with van der Waals surface area (Å²) in [6.07, 6.45) is 14.6. The highest BCUT2D eigenvalue weighted by atomic mass is 16.7. The Morgan fingerprint density at radius 1 is 0.860 bits per heavy atom. The average Bonchev–Trinajstić information content (AvgIpc) is 3.56. The standard InChI is InChI=1S/C41H65N5O4/c1-27-8-15-41(49-25-27)28(2)38-35(50-41)23-34-32-7-6-29-22-30(9-13-39(29,3)33(32)10-14-40(34,38)4)43-36(47)24-37(48)46-20-18-45(19-21-46)31-11-16-44(17-12-31)26-42-5/h27-35,38H,6-26H2,1-4H3,(H,43,47)/t27-,28+,29-,30?,32-,33?,34+,35+,38+,39+,40+,41-/m1/s1. The second kappa shape index (κ2) is 13.6. The van der Waals surface area contributed by atoms with Gasteiger partial charge in [-0.1, -0.05) is 27.7 Å². The molecule has 0 aromatic heterocycles. The first-order valence-corrected chi connectivity index (χ1v) is 20.7. The number of carbonyl (C=O) groups is 2. The SMILES string of the molecule is [C-]#[N+]CN1CCC(N2CCN(C(=O)CC(=O)NC3CC[C@]4(C)C5CC[C@]6(C)[C@@H]7[C@H](C[C@H]6[C@@H]5CC[C@@H]4C3)O[C@]3(CC[C@@H](C)CO3)[C@H]7C)CC2)CC1. The normalized spacial score (nSPS) is 46.8. The van der Waals surface area contributed by atoms with Crippen LogP contribution in [0.4, 0.5) is 0 Å². The molecule has 0 aromatic rings. The number of hydrogen-bond acceptors (Lipinski definition) is 6. The van der Waals surface area contributed by atoms with Gasteiger partial charge in [0.1, 0.15) is 6.42 Å². The van der Waals surface area contributed by atoms with E-state index in [4.69, 9.17) is 16.0 Å². The fraction of sp³-hybridized carbons (Fsp3) is 0.927. The van der Waals surface area contributed by atoms with Crippen molar-refractivity contribution in [3.05, 3.63) is 11.4 Å². The topological polar surface area (TPSA) is 78.7 Å². The van der Waals surface area contributed by atoms with Gasteiger partial charge in [0, 0.05) is 63.7 Å². The van der Waals surface area contributed by atoms with Crippen LogP contribution in [0.3, 0.4) is 0 Å². The molecule has 1 spiro atoms. The predicted molar refractivity (Wildman–Crippen MR) is 192 cm³/mol. The molecule has 4 aliphatic carbocycles. The zero-order valence-corrected chi connectivity index (χ0v) is 31.5. The highest BCUT2D eigenvalue weighted by Crippen LogP contribution is 2.71. The minimum absolute atomic E-state index is 0.0180. The molecule has 8 fully saturated rings. The Labute approximate surface area is 301 Å². The van der Waals surface area contributed by atoms with Gasteiger partial charge in [-0.05, 0) is 117 Å². The zero-order chi connectivity index (χ0) is 34.8. The number of ether oxygens (including phenoxy) is 2. The molecule has 8 aliphatic rings. The molecule has 4 saturated heterocycles. The zero-order valence-electron chi connectivity index (χ0n) is 31.5. The van der Waals surface area contributed by atoms with Gasteiger partial charge in [-0.2, -0.15) is 0 Å². The van der Waals surface area contributed by atoms with Crippen LogP contribution in [-0.4, -0.2) is 103 Å². The molecule has 12 atom stereocenters. The van der Waals surface area contributed by atoms with Crippen molar-refractivity contribution in [2.24, 2.45) is 52.3 Å². The second-order valence-corrected chi connectivity index (χ2v) is 19.0. The van der Waals surface area contributed by atoms with Crippen LogP contribution in [0.15, 0.2) is 0 Å². The average molecular weight is 692 g/mol. The largest absolute Gasteiger partial charge is 0.353 e. The van der Waals surface area contributed by atoms with Crippen LogP contribution in [0.5, 0.6) is 0 Å². The van der Waals surface area contributed by atoms with Gasteiger partial charge in [0.15, 0.2) is 5.79 Å². The maximum atomic E-state index is 13.2. The molecule has 278 valence electrons. The number of carbonyl (C=O) groups excluding carboxylic acids is 2. The fourth-order valence-electron chi connectivity index (χ4n) is 13.8. The number of nitrogens with one attached hydrogen (secondary N) is 1. The maximum absolute atomic E-state index is 13.2. The van der Waals surface area contributed by atoms with Crippen molar-refractivity contribution in [3.63, 3.8) is 0 Å². The number of nitrogens with zero attached hydrogens (tertiary/aromatic N) is 4. The Balaban J connectivity index is 0.813. The summed E-state index contributed by atoms with van der Waals surface area (Å²) in [5.74, 6) is 4.27. The lowest BCUT2D eigenvalue weighted by Crippen LogP contribution is -2.56. The first kappa shape index (κ1) is 35.3. The smallest absolute Gasteiger partial charge is 0.270 e. The van der Waals surface area contributed by atoms with Crippen LogP contribution in [0.25, 0.3) is 4.85 Å². The lowest BCUT2D eigenvalue weighted by atomic mass is 9.44. The van der Waals surface area contributed by atoms with Gasteiger partial charge in [-0.15, -0.1) is 0 Å².